The van der Waals surface area contributed by atoms with Gasteiger partial charge >= 0.3 is 0 Å². The zero-order valence-electron chi connectivity index (χ0n) is 7.77. The molecule has 1 saturated heterocycles. The molecular weight excluding hydrogens is 218 g/mol. The number of hydrogen-bond acceptors (Lipinski definition) is 4. The normalized spacial score (nSPS) is 16.9. The molecule has 2 rings (SSSR count). The third kappa shape index (κ3) is 1.67. The van der Waals surface area contributed by atoms with Crippen molar-refractivity contribution in [1.82, 2.24) is 4.90 Å². The van der Waals surface area contributed by atoms with E-state index in [0.29, 0.717) is 13.1 Å². The lowest BCUT2D eigenvalue weighted by Crippen LogP contribution is -2.53. The van der Waals surface area contributed by atoms with E-state index in [1.807, 2.05) is 17.7 Å². The third-order valence-corrected chi connectivity index (χ3v) is 4.00. The number of hydrogen-bond donors (Lipinski definition) is 1. The van der Waals surface area contributed by atoms with Gasteiger partial charge in [-0.2, -0.15) is 0 Å². The van der Waals surface area contributed by atoms with Gasteiger partial charge in [0.25, 0.3) is 5.91 Å². The summed E-state index contributed by atoms with van der Waals surface area (Å²) in [5, 5.41) is 11.0. The highest BCUT2D eigenvalue weighted by atomic mass is 32.2. The first kappa shape index (κ1) is 10.0. The second-order valence-corrected chi connectivity index (χ2v) is 4.95. The van der Waals surface area contributed by atoms with Crippen LogP contribution in [0.3, 0.4) is 0 Å². The van der Waals surface area contributed by atoms with E-state index < -0.39 is 0 Å². The van der Waals surface area contributed by atoms with Gasteiger partial charge in [0.1, 0.15) is 4.88 Å². The number of rotatable bonds is 2. The molecule has 5 heteroatoms. The van der Waals surface area contributed by atoms with Gasteiger partial charge in [-0.15, -0.1) is 23.1 Å². The molecule has 0 spiro atoms. The van der Waals surface area contributed by atoms with Crippen molar-refractivity contribution >= 4 is 29.0 Å². The number of aliphatic hydroxyl groups is 1. The van der Waals surface area contributed by atoms with Gasteiger partial charge in [0.05, 0.1) is 6.10 Å². The molecule has 0 bridgehead atoms. The Balaban J connectivity index is 2.11. The summed E-state index contributed by atoms with van der Waals surface area (Å²) < 4.78 is 0. The summed E-state index contributed by atoms with van der Waals surface area (Å²) in [5.41, 5.74) is 0. The molecule has 1 aliphatic heterocycles. The van der Waals surface area contributed by atoms with Crippen LogP contribution in [0, 0.1) is 0 Å². The Labute approximate surface area is 90.7 Å². The van der Waals surface area contributed by atoms with Crippen LogP contribution in [-0.2, 0) is 0 Å². The zero-order valence-corrected chi connectivity index (χ0v) is 9.40. The minimum atomic E-state index is -0.323. The zero-order chi connectivity index (χ0) is 10.1. The minimum Gasteiger partial charge on any atom is -0.389 e. The number of likely N-dealkylation sites (tertiary alicyclic amines) is 1. The van der Waals surface area contributed by atoms with Gasteiger partial charge in [-0.05, 0) is 17.7 Å². The number of thiophene rings is 1. The van der Waals surface area contributed by atoms with Crippen LogP contribution in [0.25, 0.3) is 0 Å². The van der Waals surface area contributed by atoms with Crippen molar-refractivity contribution in [2.75, 3.05) is 19.3 Å². The first-order valence-electron chi connectivity index (χ1n) is 4.31. The first-order valence-corrected chi connectivity index (χ1v) is 6.41. The van der Waals surface area contributed by atoms with Crippen molar-refractivity contribution in [3.63, 3.8) is 0 Å². The van der Waals surface area contributed by atoms with Crippen LogP contribution in [0.4, 0.5) is 0 Å². The molecule has 76 valence electrons. The fraction of sp³-hybridized carbons (Fsp3) is 0.444. The summed E-state index contributed by atoms with van der Waals surface area (Å²) in [6.07, 6.45) is 1.64. The molecule has 0 radical (unpaired) electrons. The van der Waals surface area contributed by atoms with Gasteiger partial charge in [-0.1, -0.05) is 0 Å². The second kappa shape index (κ2) is 3.92. The van der Waals surface area contributed by atoms with Crippen molar-refractivity contribution in [3.05, 3.63) is 16.3 Å². The average Bonchev–Trinajstić information content (AvgIpc) is 2.59. The fourth-order valence-corrected chi connectivity index (χ4v) is 3.09. The molecule has 1 amide bonds. The van der Waals surface area contributed by atoms with Crippen LogP contribution in [0.1, 0.15) is 9.67 Å². The molecule has 2 heterocycles. The Morgan fingerprint density at radius 2 is 2.43 bits per heavy atom. The van der Waals surface area contributed by atoms with E-state index in [2.05, 4.69) is 0 Å². The van der Waals surface area contributed by atoms with E-state index in [1.54, 1.807) is 16.7 Å². The number of carbonyl (C=O) groups is 1. The van der Waals surface area contributed by atoms with Gasteiger partial charge in [-0.25, -0.2) is 0 Å². The quantitative estimate of drug-likeness (QED) is 0.777. The summed E-state index contributed by atoms with van der Waals surface area (Å²) >= 11 is 3.05. The largest absolute Gasteiger partial charge is 0.389 e. The molecule has 0 aliphatic carbocycles. The van der Waals surface area contributed by atoms with Crippen LogP contribution in [-0.4, -0.2) is 41.4 Å². The monoisotopic (exact) mass is 229 g/mol. The second-order valence-electron chi connectivity index (χ2n) is 3.18. The highest BCUT2D eigenvalue weighted by molar-refractivity contribution is 7.98. The first-order chi connectivity index (χ1) is 6.72. The summed E-state index contributed by atoms with van der Waals surface area (Å²) in [6.45, 7) is 0.953. The molecule has 0 saturated carbocycles. The Bertz CT molecular complexity index is 344. The predicted octanol–water partition coefficient (Wildman–Crippen LogP) is 1.29. The molecule has 1 N–H and O–H groups in total. The Hall–Kier alpha value is -0.520. The number of thioether (sulfide) groups is 1. The molecular formula is C9H11NO2S2. The number of aliphatic hydroxyl groups excluding tert-OH is 1. The van der Waals surface area contributed by atoms with Crippen molar-refractivity contribution < 1.29 is 9.90 Å². The SMILES string of the molecule is CSc1ccsc1C(=O)N1CC(O)C1. The molecule has 14 heavy (non-hydrogen) atoms. The molecule has 0 aromatic carbocycles. The van der Waals surface area contributed by atoms with Crippen molar-refractivity contribution in [2.24, 2.45) is 0 Å². The van der Waals surface area contributed by atoms with E-state index >= 15 is 0 Å². The van der Waals surface area contributed by atoms with Crippen LogP contribution >= 0.6 is 23.1 Å². The number of β-amino-alcohol motifs (C(OH)–C–C–N with tert-alkyl or cyclic N) is 1. The van der Waals surface area contributed by atoms with E-state index in [1.165, 1.54) is 11.3 Å². The highest BCUT2D eigenvalue weighted by Gasteiger charge is 2.30. The standard InChI is InChI=1S/C9H11NO2S2/c1-13-7-2-3-14-8(7)9(12)10-4-6(11)5-10/h2-3,6,11H,4-5H2,1H3. The lowest BCUT2D eigenvalue weighted by atomic mass is 10.1. The molecule has 0 unspecified atom stereocenters. The Morgan fingerprint density at radius 1 is 1.71 bits per heavy atom. The van der Waals surface area contributed by atoms with E-state index in [4.69, 9.17) is 5.11 Å². The molecule has 1 aromatic rings. The summed E-state index contributed by atoms with van der Waals surface area (Å²) in [6, 6.07) is 1.96. The molecule has 3 nitrogen and oxygen atoms in total. The number of amides is 1. The Kier molecular flexibility index (Phi) is 2.80. The van der Waals surface area contributed by atoms with E-state index in [-0.39, 0.29) is 12.0 Å². The molecule has 0 atom stereocenters. The van der Waals surface area contributed by atoms with Crippen molar-refractivity contribution in [2.45, 2.75) is 11.0 Å². The maximum absolute atomic E-state index is 11.8. The minimum absolute atomic E-state index is 0.0506. The topological polar surface area (TPSA) is 40.5 Å². The third-order valence-electron chi connectivity index (χ3n) is 2.19. The molecule has 1 aliphatic rings. The highest BCUT2D eigenvalue weighted by Crippen LogP contribution is 2.28. The number of carbonyl (C=O) groups excluding carboxylic acids is 1. The average molecular weight is 229 g/mol. The smallest absolute Gasteiger partial charge is 0.265 e. The van der Waals surface area contributed by atoms with Crippen LogP contribution < -0.4 is 0 Å². The predicted molar refractivity (Wildman–Crippen MR) is 58.0 cm³/mol. The van der Waals surface area contributed by atoms with Gasteiger partial charge in [0, 0.05) is 18.0 Å². The van der Waals surface area contributed by atoms with Crippen LogP contribution in [0.5, 0.6) is 0 Å². The van der Waals surface area contributed by atoms with Crippen molar-refractivity contribution in [3.8, 4) is 0 Å². The van der Waals surface area contributed by atoms with Crippen molar-refractivity contribution in [1.29, 1.82) is 0 Å². The van der Waals surface area contributed by atoms with E-state index in [0.717, 1.165) is 9.77 Å². The summed E-state index contributed by atoms with van der Waals surface area (Å²) in [4.78, 5) is 15.3. The summed E-state index contributed by atoms with van der Waals surface area (Å²) in [7, 11) is 0. The summed E-state index contributed by atoms with van der Waals surface area (Å²) in [5.74, 6) is 0.0506. The lowest BCUT2D eigenvalue weighted by molar-refractivity contribution is 0.00602. The fourth-order valence-electron chi connectivity index (χ4n) is 1.38. The van der Waals surface area contributed by atoms with Gasteiger partial charge in [-0.3, -0.25) is 4.79 Å². The molecule has 1 aromatic heterocycles. The Morgan fingerprint density at radius 3 is 3.00 bits per heavy atom. The maximum Gasteiger partial charge on any atom is 0.265 e. The maximum atomic E-state index is 11.8. The van der Waals surface area contributed by atoms with E-state index in [9.17, 15) is 4.79 Å². The van der Waals surface area contributed by atoms with Gasteiger partial charge in [0.2, 0.25) is 0 Å². The lowest BCUT2D eigenvalue weighted by Gasteiger charge is -2.35. The number of nitrogens with zero attached hydrogens (tertiary/aromatic N) is 1. The van der Waals surface area contributed by atoms with Crippen LogP contribution in [0.15, 0.2) is 16.3 Å². The van der Waals surface area contributed by atoms with Gasteiger partial charge < -0.3 is 10.0 Å². The van der Waals surface area contributed by atoms with Crippen LogP contribution in [0.2, 0.25) is 0 Å². The molecule has 1 fully saturated rings. The van der Waals surface area contributed by atoms with Gasteiger partial charge in [0.15, 0.2) is 0 Å².